The van der Waals surface area contributed by atoms with E-state index in [2.05, 4.69) is 36.8 Å². The van der Waals surface area contributed by atoms with Crippen molar-refractivity contribution in [1.82, 2.24) is 25.4 Å². The van der Waals surface area contributed by atoms with Crippen LogP contribution in [0.4, 0.5) is 5.82 Å². The summed E-state index contributed by atoms with van der Waals surface area (Å²) in [5, 5.41) is 14.0. The van der Waals surface area contributed by atoms with Gasteiger partial charge in [0.15, 0.2) is 0 Å². The van der Waals surface area contributed by atoms with Crippen molar-refractivity contribution in [1.29, 1.82) is 0 Å². The van der Waals surface area contributed by atoms with Crippen LogP contribution in [0.25, 0.3) is 0 Å². The van der Waals surface area contributed by atoms with Gasteiger partial charge in [-0.05, 0) is 38.1 Å². The van der Waals surface area contributed by atoms with Gasteiger partial charge in [-0.3, -0.25) is 9.48 Å². The third-order valence-electron chi connectivity index (χ3n) is 3.76. The number of pyridine rings is 1. The molecule has 1 aliphatic heterocycles. The van der Waals surface area contributed by atoms with Gasteiger partial charge in [0.05, 0.1) is 23.5 Å². The van der Waals surface area contributed by atoms with Crippen LogP contribution in [0.2, 0.25) is 0 Å². The summed E-state index contributed by atoms with van der Waals surface area (Å²) in [5.41, 5.74) is 2.79. The SMILES string of the molecule is CCNC(=O)c1ccc(NCc2cc3n(n2)CCCNC3)nc1. The molecule has 0 saturated carbocycles. The lowest BCUT2D eigenvalue weighted by atomic mass is 10.2. The molecule has 0 fully saturated rings. The van der Waals surface area contributed by atoms with E-state index in [1.807, 2.05) is 13.0 Å². The smallest absolute Gasteiger partial charge is 0.252 e. The first-order chi connectivity index (χ1) is 11.3. The minimum absolute atomic E-state index is 0.100. The van der Waals surface area contributed by atoms with E-state index in [-0.39, 0.29) is 5.91 Å². The Morgan fingerprint density at radius 2 is 2.35 bits per heavy atom. The van der Waals surface area contributed by atoms with Crippen molar-refractivity contribution in [2.24, 2.45) is 0 Å². The summed E-state index contributed by atoms with van der Waals surface area (Å²) >= 11 is 0. The number of hydrogen-bond acceptors (Lipinski definition) is 5. The first-order valence-electron chi connectivity index (χ1n) is 8.00. The van der Waals surface area contributed by atoms with Crippen LogP contribution in [0, 0.1) is 0 Å². The monoisotopic (exact) mass is 314 g/mol. The van der Waals surface area contributed by atoms with Gasteiger partial charge < -0.3 is 16.0 Å². The van der Waals surface area contributed by atoms with E-state index in [1.165, 1.54) is 5.69 Å². The fourth-order valence-electron chi connectivity index (χ4n) is 2.58. The molecule has 0 unspecified atom stereocenters. The fourth-order valence-corrected chi connectivity index (χ4v) is 2.58. The molecule has 1 aliphatic rings. The summed E-state index contributed by atoms with van der Waals surface area (Å²) in [4.78, 5) is 16.0. The summed E-state index contributed by atoms with van der Waals surface area (Å²) < 4.78 is 2.07. The van der Waals surface area contributed by atoms with Crippen LogP contribution in [0.1, 0.15) is 35.1 Å². The van der Waals surface area contributed by atoms with Crippen LogP contribution in [0.3, 0.4) is 0 Å². The molecule has 7 heteroatoms. The second-order valence-electron chi connectivity index (χ2n) is 5.53. The Kier molecular flexibility index (Phi) is 4.87. The standard InChI is InChI=1S/C16H22N6O/c1-2-18-16(23)12-4-5-15(19-9-12)20-10-13-8-14-11-17-6-3-7-22(14)21-13/h4-5,8-9,17H,2-3,6-7,10-11H2,1H3,(H,18,23)(H,19,20). The molecule has 23 heavy (non-hydrogen) atoms. The van der Waals surface area contributed by atoms with Crippen LogP contribution >= 0.6 is 0 Å². The molecule has 2 aromatic rings. The largest absolute Gasteiger partial charge is 0.364 e. The summed E-state index contributed by atoms with van der Waals surface area (Å²) in [7, 11) is 0. The molecule has 3 heterocycles. The maximum Gasteiger partial charge on any atom is 0.252 e. The predicted octanol–water partition coefficient (Wildman–Crippen LogP) is 1.13. The molecule has 2 aromatic heterocycles. The highest BCUT2D eigenvalue weighted by atomic mass is 16.1. The molecule has 3 rings (SSSR count). The Labute approximate surface area is 135 Å². The van der Waals surface area contributed by atoms with Crippen LogP contribution in [0.15, 0.2) is 24.4 Å². The third kappa shape index (κ3) is 3.87. The zero-order valence-electron chi connectivity index (χ0n) is 13.3. The molecule has 1 amide bonds. The zero-order valence-corrected chi connectivity index (χ0v) is 13.3. The Morgan fingerprint density at radius 1 is 1.43 bits per heavy atom. The van der Waals surface area contributed by atoms with Crippen molar-refractivity contribution in [3.8, 4) is 0 Å². The van der Waals surface area contributed by atoms with Crippen LogP contribution in [0.5, 0.6) is 0 Å². The van der Waals surface area contributed by atoms with Gasteiger partial charge in [0.2, 0.25) is 0 Å². The quantitative estimate of drug-likeness (QED) is 0.770. The lowest BCUT2D eigenvalue weighted by molar-refractivity contribution is 0.0955. The summed E-state index contributed by atoms with van der Waals surface area (Å²) in [6.45, 7) is 5.99. The van der Waals surface area contributed by atoms with Gasteiger partial charge >= 0.3 is 0 Å². The van der Waals surface area contributed by atoms with Gasteiger partial charge in [0.25, 0.3) is 5.91 Å². The molecule has 7 nitrogen and oxygen atoms in total. The van der Waals surface area contributed by atoms with Gasteiger partial charge in [-0.2, -0.15) is 5.10 Å². The molecule has 0 bridgehead atoms. The highest BCUT2D eigenvalue weighted by Crippen LogP contribution is 2.11. The van der Waals surface area contributed by atoms with E-state index in [0.29, 0.717) is 18.7 Å². The molecule has 0 spiro atoms. The summed E-state index contributed by atoms with van der Waals surface area (Å²) in [6.07, 6.45) is 2.68. The molecule has 0 aliphatic carbocycles. The second kappa shape index (κ2) is 7.23. The minimum Gasteiger partial charge on any atom is -0.364 e. The Hall–Kier alpha value is -2.41. The van der Waals surface area contributed by atoms with Crippen molar-refractivity contribution in [3.05, 3.63) is 41.3 Å². The molecular weight excluding hydrogens is 292 g/mol. The van der Waals surface area contributed by atoms with E-state index in [0.717, 1.165) is 37.6 Å². The number of amides is 1. The number of nitrogens with zero attached hydrogens (tertiary/aromatic N) is 3. The van der Waals surface area contributed by atoms with Crippen molar-refractivity contribution in [2.75, 3.05) is 18.4 Å². The zero-order chi connectivity index (χ0) is 16.1. The van der Waals surface area contributed by atoms with Gasteiger partial charge in [0, 0.05) is 25.8 Å². The summed E-state index contributed by atoms with van der Waals surface area (Å²) in [5.74, 6) is 0.635. The average molecular weight is 314 g/mol. The number of carbonyl (C=O) groups excluding carboxylic acids is 1. The summed E-state index contributed by atoms with van der Waals surface area (Å²) in [6, 6.07) is 5.70. The number of hydrogen-bond donors (Lipinski definition) is 3. The number of anilines is 1. The molecule has 3 N–H and O–H groups in total. The molecule has 0 atom stereocenters. The Bertz CT molecular complexity index is 640. The average Bonchev–Trinajstić information content (AvgIpc) is 2.83. The molecule has 0 radical (unpaired) electrons. The number of nitrogens with one attached hydrogen (secondary N) is 3. The number of rotatable bonds is 5. The van der Waals surface area contributed by atoms with Crippen molar-refractivity contribution in [3.63, 3.8) is 0 Å². The van der Waals surface area contributed by atoms with Crippen LogP contribution < -0.4 is 16.0 Å². The molecule has 122 valence electrons. The Morgan fingerprint density at radius 3 is 3.13 bits per heavy atom. The lowest BCUT2D eigenvalue weighted by Crippen LogP contribution is -2.22. The predicted molar refractivity (Wildman–Crippen MR) is 88.1 cm³/mol. The van der Waals surface area contributed by atoms with Gasteiger partial charge in [0.1, 0.15) is 5.82 Å². The van der Waals surface area contributed by atoms with Crippen molar-refractivity contribution >= 4 is 11.7 Å². The lowest BCUT2D eigenvalue weighted by Gasteiger charge is -2.05. The third-order valence-corrected chi connectivity index (χ3v) is 3.76. The van der Waals surface area contributed by atoms with E-state index >= 15 is 0 Å². The van der Waals surface area contributed by atoms with Gasteiger partial charge in [-0.15, -0.1) is 0 Å². The number of carbonyl (C=O) groups is 1. The normalized spacial score (nSPS) is 14.0. The molecular formula is C16H22N6O. The first kappa shape index (κ1) is 15.5. The number of fused-ring (bicyclic) bond motifs is 1. The van der Waals surface area contributed by atoms with E-state index in [1.54, 1.807) is 12.3 Å². The van der Waals surface area contributed by atoms with Crippen molar-refractivity contribution in [2.45, 2.75) is 33.0 Å². The van der Waals surface area contributed by atoms with E-state index < -0.39 is 0 Å². The fraction of sp³-hybridized carbons (Fsp3) is 0.438. The maximum absolute atomic E-state index is 11.7. The van der Waals surface area contributed by atoms with E-state index in [9.17, 15) is 4.79 Å². The second-order valence-corrected chi connectivity index (χ2v) is 5.53. The molecule has 0 aromatic carbocycles. The van der Waals surface area contributed by atoms with Gasteiger partial charge in [-0.1, -0.05) is 0 Å². The van der Waals surface area contributed by atoms with Crippen LogP contribution in [-0.2, 0) is 19.6 Å². The minimum atomic E-state index is -0.100. The van der Waals surface area contributed by atoms with E-state index in [4.69, 9.17) is 0 Å². The number of aromatic nitrogens is 3. The van der Waals surface area contributed by atoms with Gasteiger partial charge in [-0.25, -0.2) is 4.98 Å². The Balaban J connectivity index is 1.59. The maximum atomic E-state index is 11.7. The number of aryl methyl sites for hydroxylation is 1. The first-order valence-corrected chi connectivity index (χ1v) is 8.00. The highest BCUT2D eigenvalue weighted by Gasteiger charge is 2.10. The van der Waals surface area contributed by atoms with Crippen molar-refractivity contribution < 1.29 is 4.79 Å². The topological polar surface area (TPSA) is 83.9 Å². The molecule has 0 saturated heterocycles. The van der Waals surface area contributed by atoms with Crippen LogP contribution in [-0.4, -0.2) is 33.8 Å². The highest BCUT2D eigenvalue weighted by molar-refractivity contribution is 5.93.